The second kappa shape index (κ2) is 9.57. The normalized spacial score (nSPS) is 15.8. The number of amides is 1. The van der Waals surface area contributed by atoms with Gasteiger partial charge in [0.2, 0.25) is 5.91 Å². The Hall–Kier alpha value is -2.58. The van der Waals surface area contributed by atoms with E-state index in [2.05, 4.69) is 25.2 Å². The van der Waals surface area contributed by atoms with E-state index in [9.17, 15) is 10.1 Å². The van der Waals surface area contributed by atoms with Crippen molar-refractivity contribution in [1.29, 1.82) is 5.26 Å². The number of carbonyl (C=O) groups is 1. The highest BCUT2D eigenvalue weighted by atomic mass is 32.1. The number of anilines is 1. The molecule has 0 bridgehead atoms. The summed E-state index contributed by atoms with van der Waals surface area (Å²) in [5, 5.41) is 13.1. The number of fused-ring (bicyclic) bond motifs is 1. The van der Waals surface area contributed by atoms with E-state index in [0.717, 1.165) is 55.6 Å². The predicted octanol–water partition coefficient (Wildman–Crippen LogP) is 5.58. The summed E-state index contributed by atoms with van der Waals surface area (Å²) in [6.45, 7) is 5.09. The molecule has 0 saturated heterocycles. The zero-order valence-electron chi connectivity index (χ0n) is 16.5. The molecule has 4 nitrogen and oxygen atoms in total. The molecule has 28 heavy (non-hydrogen) atoms. The zero-order chi connectivity index (χ0) is 19.9. The van der Waals surface area contributed by atoms with Gasteiger partial charge in [-0.3, -0.25) is 4.79 Å². The van der Waals surface area contributed by atoms with Crippen molar-refractivity contribution in [2.24, 2.45) is 5.92 Å². The second-order valence-electron chi connectivity index (χ2n) is 7.26. The van der Waals surface area contributed by atoms with Gasteiger partial charge in [0.1, 0.15) is 16.8 Å². The van der Waals surface area contributed by atoms with Crippen molar-refractivity contribution >= 4 is 28.3 Å². The third kappa shape index (κ3) is 5.02. The summed E-state index contributed by atoms with van der Waals surface area (Å²) in [5.41, 5.74) is 2.70. The number of carbonyl (C=O) groups excluding carboxylic acids is 1. The topological polar surface area (TPSA) is 62.1 Å². The van der Waals surface area contributed by atoms with E-state index < -0.39 is 0 Å². The van der Waals surface area contributed by atoms with Gasteiger partial charge in [-0.1, -0.05) is 32.4 Å². The summed E-state index contributed by atoms with van der Waals surface area (Å²) < 4.78 is 5.65. The predicted molar refractivity (Wildman–Crippen MR) is 115 cm³/mol. The smallest absolute Gasteiger partial charge is 0.249 e. The van der Waals surface area contributed by atoms with Crippen molar-refractivity contribution in [3.8, 4) is 11.8 Å². The van der Waals surface area contributed by atoms with Crippen molar-refractivity contribution in [3.05, 3.63) is 51.9 Å². The minimum Gasteiger partial charge on any atom is -0.494 e. The number of unbranched alkanes of at least 4 members (excludes halogenated alkanes) is 1. The molecule has 0 spiro atoms. The van der Waals surface area contributed by atoms with Gasteiger partial charge in [-0.2, -0.15) is 5.26 Å². The van der Waals surface area contributed by atoms with Crippen LogP contribution in [-0.4, -0.2) is 12.5 Å². The van der Waals surface area contributed by atoms with Crippen LogP contribution in [0.1, 0.15) is 54.7 Å². The number of ether oxygens (including phenoxy) is 1. The first-order chi connectivity index (χ1) is 13.6. The summed E-state index contributed by atoms with van der Waals surface area (Å²) in [7, 11) is 0. The number of benzene rings is 1. The lowest BCUT2D eigenvalue weighted by atomic mass is 9.89. The largest absolute Gasteiger partial charge is 0.494 e. The van der Waals surface area contributed by atoms with Crippen molar-refractivity contribution in [2.75, 3.05) is 11.9 Å². The van der Waals surface area contributed by atoms with Crippen LogP contribution in [0.3, 0.4) is 0 Å². The van der Waals surface area contributed by atoms with Crippen molar-refractivity contribution in [3.63, 3.8) is 0 Å². The van der Waals surface area contributed by atoms with Gasteiger partial charge in [-0.15, -0.1) is 11.3 Å². The van der Waals surface area contributed by atoms with Crippen molar-refractivity contribution in [2.45, 2.75) is 46.0 Å². The molecular formula is C23H26N2O2S. The molecular weight excluding hydrogens is 368 g/mol. The quantitative estimate of drug-likeness (QED) is 0.493. The molecule has 5 heteroatoms. The first-order valence-corrected chi connectivity index (χ1v) is 10.7. The monoisotopic (exact) mass is 394 g/mol. The van der Waals surface area contributed by atoms with Gasteiger partial charge in [0.25, 0.3) is 0 Å². The number of hydrogen-bond donors (Lipinski definition) is 1. The fraction of sp³-hybridized carbons (Fsp3) is 0.391. The molecule has 0 fully saturated rings. The van der Waals surface area contributed by atoms with E-state index >= 15 is 0 Å². The van der Waals surface area contributed by atoms with Crippen LogP contribution < -0.4 is 10.1 Å². The van der Waals surface area contributed by atoms with E-state index in [0.29, 0.717) is 16.5 Å². The molecule has 0 radical (unpaired) electrons. The van der Waals surface area contributed by atoms with Gasteiger partial charge in [0.05, 0.1) is 12.2 Å². The van der Waals surface area contributed by atoms with Crippen LogP contribution in [-0.2, 0) is 17.6 Å². The molecule has 0 aliphatic heterocycles. The summed E-state index contributed by atoms with van der Waals surface area (Å²) in [6, 6.07) is 9.96. The van der Waals surface area contributed by atoms with Crippen LogP contribution in [0, 0.1) is 17.2 Å². The van der Waals surface area contributed by atoms with Gasteiger partial charge in [-0.25, -0.2) is 0 Å². The van der Waals surface area contributed by atoms with Crippen molar-refractivity contribution in [1.82, 2.24) is 0 Å². The standard InChI is InChI=1S/C23H26N2O2S/c1-3-4-13-27-18-9-6-17(7-10-18)8-12-22(26)25-23-20(15-24)19-11-5-16(2)14-21(19)28-23/h6-10,12,16H,3-5,11,13-14H2,1-2H3,(H,25,26)/b12-8+. The fourth-order valence-electron chi connectivity index (χ4n) is 3.29. The summed E-state index contributed by atoms with van der Waals surface area (Å²) in [5.74, 6) is 1.26. The number of hydrogen-bond acceptors (Lipinski definition) is 4. The van der Waals surface area contributed by atoms with E-state index in [1.807, 2.05) is 24.3 Å². The fourth-order valence-corrected chi connectivity index (χ4v) is 4.66. The van der Waals surface area contributed by atoms with Crippen LogP contribution in [0.5, 0.6) is 5.75 Å². The van der Waals surface area contributed by atoms with E-state index in [1.165, 1.54) is 11.0 Å². The molecule has 0 saturated carbocycles. The molecule has 1 aliphatic rings. The maximum atomic E-state index is 12.3. The maximum Gasteiger partial charge on any atom is 0.249 e. The number of nitriles is 1. The van der Waals surface area contributed by atoms with Gasteiger partial charge < -0.3 is 10.1 Å². The Bertz CT molecular complexity index is 891. The Morgan fingerprint density at radius 2 is 2.18 bits per heavy atom. The van der Waals surface area contributed by atoms with Crippen LogP contribution in [0.4, 0.5) is 5.00 Å². The maximum absolute atomic E-state index is 12.3. The Morgan fingerprint density at radius 3 is 2.89 bits per heavy atom. The molecule has 1 atom stereocenters. The minimum absolute atomic E-state index is 0.216. The molecule has 146 valence electrons. The first kappa shape index (κ1) is 20.2. The molecule has 1 aromatic heterocycles. The zero-order valence-corrected chi connectivity index (χ0v) is 17.3. The lowest BCUT2D eigenvalue weighted by Gasteiger charge is -2.17. The second-order valence-corrected chi connectivity index (χ2v) is 8.37. The van der Waals surface area contributed by atoms with Gasteiger partial charge >= 0.3 is 0 Å². The third-order valence-electron chi connectivity index (χ3n) is 4.93. The van der Waals surface area contributed by atoms with E-state index in [-0.39, 0.29) is 5.91 Å². The van der Waals surface area contributed by atoms with Gasteiger partial charge in [0.15, 0.2) is 0 Å². The average molecular weight is 395 g/mol. The lowest BCUT2D eigenvalue weighted by molar-refractivity contribution is -0.111. The molecule has 1 aliphatic carbocycles. The summed E-state index contributed by atoms with van der Waals surface area (Å²) >= 11 is 1.55. The Kier molecular flexibility index (Phi) is 6.89. The number of nitrogens with one attached hydrogen (secondary N) is 1. The van der Waals surface area contributed by atoms with E-state index in [4.69, 9.17) is 4.74 Å². The van der Waals surface area contributed by atoms with Crippen LogP contribution >= 0.6 is 11.3 Å². The average Bonchev–Trinajstić information content (AvgIpc) is 3.03. The lowest BCUT2D eigenvalue weighted by Crippen LogP contribution is -2.10. The third-order valence-corrected chi connectivity index (χ3v) is 6.10. The first-order valence-electron chi connectivity index (χ1n) is 9.87. The molecule has 1 N–H and O–H groups in total. The van der Waals surface area contributed by atoms with Crippen molar-refractivity contribution < 1.29 is 9.53 Å². The highest BCUT2D eigenvalue weighted by Crippen LogP contribution is 2.39. The molecule has 1 aromatic carbocycles. The SMILES string of the molecule is CCCCOc1ccc(/C=C/C(=O)Nc2sc3c(c2C#N)CCC(C)C3)cc1. The number of nitrogens with zero attached hydrogens (tertiary/aromatic N) is 1. The molecule has 1 heterocycles. The Balaban J connectivity index is 1.62. The molecule has 2 aromatic rings. The van der Waals surface area contributed by atoms with Crippen LogP contribution in [0.2, 0.25) is 0 Å². The van der Waals surface area contributed by atoms with E-state index in [1.54, 1.807) is 17.4 Å². The number of rotatable bonds is 7. The van der Waals surface area contributed by atoms with Crippen LogP contribution in [0.15, 0.2) is 30.3 Å². The summed E-state index contributed by atoms with van der Waals surface area (Å²) in [4.78, 5) is 13.6. The molecule has 1 unspecified atom stereocenters. The molecule has 3 rings (SSSR count). The minimum atomic E-state index is -0.216. The molecule has 1 amide bonds. The summed E-state index contributed by atoms with van der Waals surface area (Å²) in [6.07, 6.45) is 8.45. The number of thiophene rings is 1. The Labute approximate surface area is 170 Å². The van der Waals surface area contributed by atoms with Crippen LogP contribution in [0.25, 0.3) is 6.08 Å². The Morgan fingerprint density at radius 1 is 1.39 bits per heavy atom. The van der Waals surface area contributed by atoms with Gasteiger partial charge in [0, 0.05) is 11.0 Å². The van der Waals surface area contributed by atoms with Gasteiger partial charge in [-0.05, 0) is 60.9 Å². The highest BCUT2D eigenvalue weighted by Gasteiger charge is 2.24. The highest BCUT2D eigenvalue weighted by molar-refractivity contribution is 7.16.